The molecule has 3 rings (SSSR count). The quantitative estimate of drug-likeness (QED) is 0.689. The number of rotatable bonds is 4. The van der Waals surface area contributed by atoms with Crippen molar-refractivity contribution in [1.29, 1.82) is 0 Å². The number of ether oxygens (including phenoxy) is 1. The van der Waals surface area contributed by atoms with Crippen molar-refractivity contribution in [1.82, 2.24) is 14.5 Å². The van der Waals surface area contributed by atoms with Gasteiger partial charge in [0.15, 0.2) is 5.16 Å². The molecule has 1 aliphatic rings. The molecule has 2 aromatic rings. The molecule has 0 bridgehead atoms. The molecule has 0 spiro atoms. The Morgan fingerprint density at radius 3 is 2.91 bits per heavy atom. The summed E-state index contributed by atoms with van der Waals surface area (Å²) in [6.45, 7) is 5.36. The monoisotopic (exact) mass is 320 g/mol. The lowest BCUT2D eigenvalue weighted by atomic mass is 10.0. The lowest BCUT2D eigenvalue weighted by Crippen LogP contribution is -2.24. The van der Waals surface area contributed by atoms with Crippen LogP contribution < -0.4 is 5.73 Å². The van der Waals surface area contributed by atoms with Crippen LogP contribution in [0, 0.1) is 12.8 Å². The molecule has 1 aliphatic heterocycles. The van der Waals surface area contributed by atoms with Crippen molar-refractivity contribution >= 4 is 28.7 Å². The van der Waals surface area contributed by atoms with Gasteiger partial charge in [-0.05, 0) is 25.7 Å². The standard InChI is InChI=1S/C15H20N4O2S/c1-4-9-6-21-7-12(9)19-11(13(16)20)5-10-8(2)17-15(22-3)18-14(10)19/h5,9,12H,4,6-7H2,1-3H3,(H2,16,20). The molecule has 6 nitrogen and oxygen atoms in total. The third-order valence-corrected chi connectivity index (χ3v) is 4.87. The zero-order chi connectivity index (χ0) is 15.9. The molecular weight excluding hydrogens is 300 g/mol. The Morgan fingerprint density at radius 1 is 1.50 bits per heavy atom. The first-order valence-electron chi connectivity index (χ1n) is 7.37. The summed E-state index contributed by atoms with van der Waals surface area (Å²) in [6.07, 6.45) is 2.93. The van der Waals surface area contributed by atoms with Gasteiger partial charge in [-0.15, -0.1) is 0 Å². The van der Waals surface area contributed by atoms with E-state index in [9.17, 15) is 4.79 Å². The summed E-state index contributed by atoms with van der Waals surface area (Å²) >= 11 is 1.49. The second-order valence-electron chi connectivity index (χ2n) is 5.57. The van der Waals surface area contributed by atoms with E-state index in [0.29, 0.717) is 30.0 Å². The minimum Gasteiger partial charge on any atom is -0.379 e. The van der Waals surface area contributed by atoms with E-state index in [-0.39, 0.29) is 6.04 Å². The Kier molecular flexibility index (Phi) is 4.10. The highest BCUT2D eigenvalue weighted by molar-refractivity contribution is 7.98. The molecule has 22 heavy (non-hydrogen) atoms. The summed E-state index contributed by atoms with van der Waals surface area (Å²) in [4.78, 5) is 21.0. The summed E-state index contributed by atoms with van der Waals surface area (Å²) in [7, 11) is 0. The lowest BCUT2D eigenvalue weighted by molar-refractivity contribution is 0.0988. The number of nitrogens with two attached hydrogens (primary N) is 1. The van der Waals surface area contributed by atoms with Crippen molar-refractivity contribution in [2.24, 2.45) is 11.7 Å². The number of primary amides is 1. The number of carbonyl (C=O) groups is 1. The van der Waals surface area contributed by atoms with Crippen LogP contribution >= 0.6 is 11.8 Å². The van der Waals surface area contributed by atoms with Crippen LogP contribution in [-0.2, 0) is 4.74 Å². The molecule has 2 unspecified atom stereocenters. The van der Waals surface area contributed by atoms with Gasteiger partial charge in [0.05, 0.1) is 24.9 Å². The maximum atomic E-state index is 11.9. The van der Waals surface area contributed by atoms with E-state index >= 15 is 0 Å². The van der Waals surface area contributed by atoms with Crippen LogP contribution in [0.5, 0.6) is 0 Å². The van der Waals surface area contributed by atoms with Crippen LogP contribution in [0.4, 0.5) is 0 Å². The van der Waals surface area contributed by atoms with Crippen LogP contribution in [-0.4, -0.2) is 39.9 Å². The molecule has 0 aliphatic carbocycles. The SMILES string of the molecule is CCC1COCC1n1c(C(N)=O)cc2c(C)nc(SC)nc21. The number of aryl methyl sites for hydroxylation is 1. The summed E-state index contributed by atoms with van der Waals surface area (Å²) < 4.78 is 7.60. The number of thioether (sulfide) groups is 1. The predicted molar refractivity (Wildman–Crippen MR) is 86.2 cm³/mol. The van der Waals surface area contributed by atoms with Crippen molar-refractivity contribution in [2.45, 2.75) is 31.5 Å². The van der Waals surface area contributed by atoms with Crippen LogP contribution in [0.25, 0.3) is 11.0 Å². The van der Waals surface area contributed by atoms with Crippen molar-refractivity contribution in [3.05, 3.63) is 17.5 Å². The summed E-state index contributed by atoms with van der Waals surface area (Å²) in [5.41, 5.74) is 7.73. The van der Waals surface area contributed by atoms with E-state index in [1.165, 1.54) is 11.8 Å². The minimum absolute atomic E-state index is 0.0917. The number of hydrogen-bond donors (Lipinski definition) is 1. The van der Waals surface area contributed by atoms with E-state index < -0.39 is 5.91 Å². The van der Waals surface area contributed by atoms with Gasteiger partial charge in [0.2, 0.25) is 0 Å². The van der Waals surface area contributed by atoms with Crippen LogP contribution in [0.1, 0.15) is 35.6 Å². The highest BCUT2D eigenvalue weighted by Crippen LogP contribution is 2.34. The fraction of sp³-hybridized carbons (Fsp3) is 0.533. The van der Waals surface area contributed by atoms with Gasteiger partial charge in [-0.2, -0.15) is 0 Å². The third-order valence-electron chi connectivity index (χ3n) is 4.32. The second kappa shape index (κ2) is 5.89. The number of aromatic nitrogens is 3. The molecule has 2 aromatic heterocycles. The van der Waals surface area contributed by atoms with Crippen molar-refractivity contribution < 1.29 is 9.53 Å². The van der Waals surface area contributed by atoms with Gasteiger partial charge in [-0.3, -0.25) is 4.79 Å². The summed E-state index contributed by atoms with van der Waals surface area (Å²) in [5, 5.41) is 1.58. The van der Waals surface area contributed by atoms with Gasteiger partial charge in [-0.1, -0.05) is 18.7 Å². The van der Waals surface area contributed by atoms with Crippen molar-refractivity contribution in [2.75, 3.05) is 19.5 Å². The number of hydrogen-bond acceptors (Lipinski definition) is 5. The normalized spacial score (nSPS) is 21.6. The predicted octanol–water partition coefficient (Wildman–Crippen LogP) is 2.16. The van der Waals surface area contributed by atoms with E-state index in [1.807, 2.05) is 23.8 Å². The molecule has 0 radical (unpaired) electrons. The fourth-order valence-corrected chi connectivity index (χ4v) is 3.50. The molecule has 1 fully saturated rings. The minimum atomic E-state index is -0.440. The summed E-state index contributed by atoms with van der Waals surface area (Å²) in [5.74, 6) is -0.0773. The molecular formula is C15H20N4O2S. The summed E-state index contributed by atoms with van der Waals surface area (Å²) in [6, 6.07) is 1.90. The first kappa shape index (κ1) is 15.3. The number of fused-ring (bicyclic) bond motifs is 1. The topological polar surface area (TPSA) is 83.0 Å². The van der Waals surface area contributed by atoms with Crippen LogP contribution in [0.3, 0.4) is 0 Å². The Bertz CT molecular complexity index is 728. The average molecular weight is 320 g/mol. The number of carbonyl (C=O) groups excluding carboxylic acids is 1. The van der Waals surface area contributed by atoms with E-state index in [2.05, 4.69) is 16.9 Å². The van der Waals surface area contributed by atoms with E-state index in [1.54, 1.807) is 0 Å². The Morgan fingerprint density at radius 2 is 2.27 bits per heavy atom. The molecule has 7 heteroatoms. The van der Waals surface area contributed by atoms with Crippen molar-refractivity contribution in [3.63, 3.8) is 0 Å². The van der Waals surface area contributed by atoms with Gasteiger partial charge >= 0.3 is 0 Å². The molecule has 3 heterocycles. The molecule has 0 saturated carbocycles. The highest BCUT2D eigenvalue weighted by Gasteiger charge is 2.32. The maximum absolute atomic E-state index is 11.9. The zero-order valence-corrected chi connectivity index (χ0v) is 13.8. The molecule has 1 saturated heterocycles. The molecule has 118 valence electrons. The van der Waals surface area contributed by atoms with Gasteiger partial charge in [0.25, 0.3) is 5.91 Å². The van der Waals surface area contributed by atoms with E-state index in [0.717, 1.165) is 23.1 Å². The van der Waals surface area contributed by atoms with Crippen LogP contribution in [0.2, 0.25) is 0 Å². The second-order valence-corrected chi connectivity index (χ2v) is 6.34. The Labute approximate surface area is 133 Å². The fourth-order valence-electron chi connectivity index (χ4n) is 3.09. The first-order valence-corrected chi connectivity index (χ1v) is 8.60. The first-order chi connectivity index (χ1) is 10.6. The third kappa shape index (κ3) is 2.38. The average Bonchev–Trinajstić information content (AvgIpc) is 3.10. The molecule has 2 N–H and O–H groups in total. The Hall–Kier alpha value is -1.60. The molecule has 2 atom stereocenters. The maximum Gasteiger partial charge on any atom is 0.265 e. The number of amides is 1. The van der Waals surface area contributed by atoms with E-state index in [4.69, 9.17) is 10.5 Å². The molecule has 1 amide bonds. The van der Waals surface area contributed by atoms with Gasteiger partial charge in [0.1, 0.15) is 11.3 Å². The van der Waals surface area contributed by atoms with Gasteiger partial charge in [-0.25, -0.2) is 9.97 Å². The lowest BCUT2D eigenvalue weighted by Gasteiger charge is -2.20. The van der Waals surface area contributed by atoms with Crippen LogP contribution in [0.15, 0.2) is 11.2 Å². The largest absolute Gasteiger partial charge is 0.379 e. The van der Waals surface area contributed by atoms with Crippen molar-refractivity contribution in [3.8, 4) is 0 Å². The smallest absolute Gasteiger partial charge is 0.265 e. The molecule has 0 aromatic carbocycles. The number of nitrogens with zero attached hydrogens (tertiary/aromatic N) is 3. The Balaban J connectivity index is 2.27. The zero-order valence-electron chi connectivity index (χ0n) is 13.0. The van der Waals surface area contributed by atoms with Gasteiger partial charge < -0.3 is 15.0 Å². The van der Waals surface area contributed by atoms with Gasteiger partial charge in [0, 0.05) is 11.3 Å². The highest BCUT2D eigenvalue weighted by atomic mass is 32.2.